The molecule has 112 valence electrons. The lowest BCUT2D eigenvalue weighted by molar-refractivity contribution is -0.134. The van der Waals surface area contributed by atoms with Crippen LogP contribution in [-0.4, -0.2) is 23.8 Å². The number of carbonyl (C=O) groups excluding carboxylic acids is 3. The smallest absolute Gasteiger partial charge is 0.254 e. The number of amides is 3. The largest absolute Gasteiger partial charge is 0.340 e. The molecule has 1 aromatic carbocycles. The zero-order chi connectivity index (χ0) is 15.6. The lowest BCUT2D eigenvalue weighted by Gasteiger charge is -2.22. The van der Waals surface area contributed by atoms with Crippen molar-refractivity contribution in [2.45, 2.75) is 38.6 Å². The number of carbonyl (C=O) groups is 3. The molecule has 1 aliphatic heterocycles. The summed E-state index contributed by atoms with van der Waals surface area (Å²) in [6.07, 6.45) is 0.382. The molecule has 1 atom stereocenters. The number of rotatable bonds is 3. The van der Waals surface area contributed by atoms with Crippen molar-refractivity contribution in [3.05, 3.63) is 35.1 Å². The molecule has 0 spiro atoms. The molecule has 1 heterocycles. The molecular formula is C15H17FN2O3. The summed E-state index contributed by atoms with van der Waals surface area (Å²) in [6, 6.07) is 3.55. The van der Waals surface area contributed by atoms with E-state index in [-0.39, 0.29) is 30.2 Å². The summed E-state index contributed by atoms with van der Waals surface area (Å²) in [5.41, 5.74) is 0.746. The summed E-state index contributed by atoms with van der Waals surface area (Å²) in [6.45, 7) is 3.88. The third-order valence-corrected chi connectivity index (χ3v) is 3.45. The fourth-order valence-corrected chi connectivity index (χ4v) is 2.14. The molecule has 1 unspecified atom stereocenters. The maximum atomic E-state index is 13.8. The molecule has 0 aliphatic carbocycles. The minimum Gasteiger partial charge on any atom is -0.340 e. The van der Waals surface area contributed by atoms with Crippen LogP contribution >= 0.6 is 0 Å². The Morgan fingerprint density at radius 3 is 2.71 bits per heavy atom. The maximum absolute atomic E-state index is 13.8. The highest BCUT2D eigenvalue weighted by molar-refractivity contribution is 6.03. The second kappa shape index (κ2) is 6.03. The molecule has 6 heteroatoms. The van der Waals surface area contributed by atoms with E-state index < -0.39 is 23.7 Å². The molecule has 5 nitrogen and oxygen atoms in total. The summed E-state index contributed by atoms with van der Waals surface area (Å²) >= 11 is 0. The summed E-state index contributed by atoms with van der Waals surface area (Å²) < 4.78 is 13.8. The topological polar surface area (TPSA) is 75.3 Å². The van der Waals surface area contributed by atoms with Crippen LogP contribution in [0.3, 0.4) is 0 Å². The molecule has 1 aliphatic rings. The van der Waals surface area contributed by atoms with Gasteiger partial charge < -0.3 is 5.32 Å². The second-order valence-corrected chi connectivity index (χ2v) is 5.37. The van der Waals surface area contributed by atoms with Crippen molar-refractivity contribution in [1.82, 2.24) is 10.6 Å². The average molecular weight is 292 g/mol. The van der Waals surface area contributed by atoms with Crippen molar-refractivity contribution in [2.75, 3.05) is 0 Å². The summed E-state index contributed by atoms with van der Waals surface area (Å²) in [5, 5.41) is 4.61. The Kier molecular flexibility index (Phi) is 4.35. The van der Waals surface area contributed by atoms with Gasteiger partial charge in [0, 0.05) is 6.42 Å². The van der Waals surface area contributed by atoms with Crippen LogP contribution in [0.4, 0.5) is 4.39 Å². The fourth-order valence-electron chi connectivity index (χ4n) is 2.14. The van der Waals surface area contributed by atoms with Crippen LogP contribution in [0.25, 0.3) is 0 Å². The van der Waals surface area contributed by atoms with Crippen LogP contribution < -0.4 is 10.6 Å². The van der Waals surface area contributed by atoms with Crippen LogP contribution in [-0.2, 0) is 9.59 Å². The van der Waals surface area contributed by atoms with Gasteiger partial charge in [-0.15, -0.1) is 0 Å². The predicted molar refractivity (Wildman–Crippen MR) is 74.1 cm³/mol. The molecule has 1 aromatic rings. The normalized spacial score (nSPS) is 18.6. The lowest BCUT2D eigenvalue weighted by atomic mass is 9.99. The zero-order valence-corrected chi connectivity index (χ0v) is 11.9. The van der Waals surface area contributed by atoms with Crippen molar-refractivity contribution in [1.29, 1.82) is 0 Å². The standard InChI is InChI=1S/C15H17FN2O3/c1-8(2)9-3-4-11(16)10(7-9)14(20)17-12-5-6-13(19)18-15(12)21/h3-4,7-8,12H,5-6H2,1-2H3,(H,17,20)(H,18,19,21). The van der Waals surface area contributed by atoms with Gasteiger partial charge in [-0.1, -0.05) is 19.9 Å². The molecule has 0 aromatic heterocycles. The van der Waals surface area contributed by atoms with E-state index in [2.05, 4.69) is 10.6 Å². The molecule has 3 amide bonds. The number of halogens is 1. The van der Waals surface area contributed by atoms with E-state index in [0.29, 0.717) is 0 Å². The average Bonchev–Trinajstić information content (AvgIpc) is 2.42. The van der Waals surface area contributed by atoms with E-state index in [9.17, 15) is 18.8 Å². The van der Waals surface area contributed by atoms with Crippen LogP contribution in [0.1, 0.15) is 48.5 Å². The Bertz CT molecular complexity index is 599. The quantitative estimate of drug-likeness (QED) is 0.829. The predicted octanol–water partition coefficient (Wildman–Crippen LogP) is 1.48. The molecule has 1 fully saturated rings. The number of nitrogens with one attached hydrogen (secondary N) is 2. The monoisotopic (exact) mass is 292 g/mol. The Balaban J connectivity index is 2.15. The van der Waals surface area contributed by atoms with Gasteiger partial charge in [0.05, 0.1) is 5.56 Å². The molecule has 2 rings (SSSR count). The number of hydrogen-bond acceptors (Lipinski definition) is 3. The highest BCUT2D eigenvalue weighted by atomic mass is 19.1. The van der Waals surface area contributed by atoms with Gasteiger partial charge in [-0.2, -0.15) is 0 Å². The lowest BCUT2D eigenvalue weighted by Crippen LogP contribution is -2.52. The summed E-state index contributed by atoms with van der Waals surface area (Å²) in [4.78, 5) is 34.8. The Morgan fingerprint density at radius 2 is 2.10 bits per heavy atom. The third-order valence-electron chi connectivity index (χ3n) is 3.45. The molecule has 1 saturated heterocycles. The number of imide groups is 1. The van der Waals surface area contributed by atoms with Crippen molar-refractivity contribution >= 4 is 17.7 Å². The molecular weight excluding hydrogens is 275 g/mol. The second-order valence-electron chi connectivity index (χ2n) is 5.37. The molecule has 2 N–H and O–H groups in total. The van der Waals surface area contributed by atoms with E-state index in [0.717, 1.165) is 5.56 Å². The first-order valence-corrected chi connectivity index (χ1v) is 6.82. The van der Waals surface area contributed by atoms with Crippen LogP contribution in [0.5, 0.6) is 0 Å². The fraction of sp³-hybridized carbons (Fsp3) is 0.400. The van der Waals surface area contributed by atoms with Gasteiger partial charge in [-0.05, 0) is 30.0 Å². The van der Waals surface area contributed by atoms with Gasteiger partial charge in [0.15, 0.2) is 0 Å². The van der Waals surface area contributed by atoms with Gasteiger partial charge in [-0.25, -0.2) is 4.39 Å². The molecule has 0 bridgehead atoms. The van der Waals surface area contributed by atoms with E-state index in [1.165, 1.54) is 12.1 Å². The van der Waals surface area contributed by atoms with Crippen molar-refractivity contribution < 1.29 is 18.8 Å². The molecule has 21 heavy (non-hydrogen) atoms. The van der Waals surface area contributed by atoms with Crippen molar-refractivity contribution in [3.8, 4) is 0 Å². The van der Waals surface area contributed by atoms with Gasteiger partial charge in [-0.3, -0.25) is 19.7 Å². The summed E-state index contributed by atoms with van der Waals surface area (Å²) in [5.74, 6) is -2.04. The van der Waals surface area contributed by atoms with Crippen molar-refractivity contribution in [2.24, 2.45) is 0 Å². The van der Waals surface area contributed by atoms with E-state index in [4.69, 9.17) is 0 Å². The van der Waals surface area contributed by atoms with Crippen LogP contribution in [0.15, 0.2) is 18.2 Å². The molecule has 0 saturated carbocycles. The molecule has 0 radical (unpaired) electrons. The zero-order valence-electron chi connectivity index (χ0n) is 11.9. The van der Waals surface area contributed by atoms with E-state index in [1.54, 1.807) is 6.07 Å². The maximum Gasteiger partial charge on any atom is 0.254 e. The highest BCUT2D eigenvalue weighted by Gasteiger charge is 2.28. The van der Waals surface area contributed by atoms with Gasteiger partial charge in [0.2, 0.25) is 11.8 Å². The van der Waals surface area contributed by atoms with Crippen LogP contribution in [0, 0.1) is 5.82 Å². The Labute approximate surface area is 121 Å². The number of piperidine rings is 1. The minimum atomic E-state index is -0.808. The first-order chi connectivity index (χ1) is 9.88. The minimum absolute atomic E-state index is 0.0918. The SMILES string of the molecule is CC(C)c1ccc(F)c(C(=O)NC2CCC(=O)NC2=O)c1. The summed E-state index contributed by atoms with van der Waals surface area (Å²) in [7, 11) is 0. The van der Waals surface area contributed by atoms with Gasteiger partial charge in [0.1, 0.15) is 11.9 Å². The van der Waals surface area contributed by atoms with E-state index >= 15 is 0 Å². The first-order valence-electron chi connectivity index (χ1n) is 6.82. The Hall–Kier alpha value is -2.24. The highest BCUT2D eigenvalue weighted by Crippen LogP contribution is 2.18. The first kappa shape index (κ1) is 15.2. The Morgan fingerprint density at radius 1 is 1.38 bits per heavy atom. The van der Waals surface area contributed by atoms with E-state index in [1.807, 2.05) is 13.8 Å². The third kappa shape index (κ3) is 3.45. The number of benzene rings is 1. The van der Waals surface area contributed by atoms with Gasteiger partial charge >= 0.3 is 0 Å². The van der Waals surface area contributed by atoms with Crippen LogP contribution in [0.2, 0.25) is 0 Å². The van der Waals surface area contributed by atoms with Gasteiger partial charge in [0.25, 0.3) is 5.91 Å². The van der Waals surface area contributed by atoms with Crippen molar-refractivity contribution in [3.63, 3.8) is 0 Å². The number of hydrogen-bond donors (Lipinski definition) is 2.